The molecule has 7 nitrogen and oxygen atoms in total. The maximum atomic E-state index is 13.6. The molecule has 148 valence electrons. The first-order valence-corrected chi connectivity index (χ1v) is 9.90. The molecule has 29 heavy (non-hydrogen) atoms. The van der Waals surface area contributed by atoms with Crippen molar-refractivity contribution in [2.45, 2.75) is 19.4 Å². The molecule has 0 spiro atoms. The van der Waals surface area contributed by atoms with Crippen LogP contribution in [0, 0.1) is 0 Å². The van der Waals surface area contributed by atoms with E-state index in [-0.39, 0.29) is 17.5 Å². The molecule has 2 aliphatic rings. The molecule has 4 heterocycles. The zero-order valence-corrected chi connectivity index (χ0v) is 16.2. The summed E-state index contributed by atoms with van der Waals surface area (Å²) in [6.07, 6.45) is 2.48. The number of carbonyl (C=O) groups excluding carboxylic acids is 1. The number of hydrogen-bond acceptors (Lipinski definition) is 5. The molecule has 0 radical (unpaired) electrons. The highest BCUT2D eigenvalue weighted by atomic mass is 16.5. The van der Waals surface area contributed by atoms with Gasteiger partial charge in [-0.1, -0.05) is 18.2 Å². The number of hydrogen-bond donors (Lipinski definition) is 0. The highest BCUT2D eigenvalue weighted by Crippen LogP contribution is 2.33. The molecule has 1 amide bonds. The van der Waals surface area contributed by atoms with Crippen LogP contribution in [-0.2, 0) is 11.2 Å². The van der Waals surface area contributed by atoms with Gasteiger partial charge in [-0.25, -0.2) is 4.98 Å². The quantitative estimate of drug-likeness (QED) is 0.671. The number of rotatable bonds is 2. The molecule has 0 aliphatic carbocycles. The molecule has 3 aromatic rings. The summed E-state index contributed by atoms with van der Waals surface area (Å²) in [5, 5.41) is 0. The van der Waals surface area contributed by atoms with Crippen LogP contribution in [0.3, 0.4) is 0 Å². The molecule has 2 aliphatic heterocycles. The predicted octanol–water partition coefficient (Wildman–Crippen LogP) is 2.12. The first kappa shape index (κ1) is 17.9. The Balaban J connectivity index is 1.62. The fourth-order valence-electron chi connectivity index (χ4n) is 4.24. The lowest BCUT2D eigenvalue weighted by Gasteiger charge is -2.28. The molecule has 1 aromatic carbocycles. The largest absolute Gasteiger partial charge is 0.378 e. The van der Waals surface area contributed by atoms with Gasteiger partial charge in [0.25, 0.3) is 11.5 Å². The van der Waals surface area contributed by atoms with E-state index in [1.807, 2.05) is 34.9 Å². The summed E-state index contributed by atoms with van der Waals surface area (Å²) in [6.45, 7) is 4.60. The van der Waals surface area contributed by atoms with E-state index < -0.39 is 0 Å². The van der Waals surface area contributed by atoms with Gasteiger partial charge in [-0.2, -0.15) is 0 Å². The van der Waals surface area contributed by atoms with Crippen molar-refractivity contribution in [2.75, 3.05) is 36.1 Å². The minimum Gasteiger partial charge on any atom is -0.378 e. The van der Waals surface area contributed by atoms with Gasteiger partial charge >= 0.3 is 0 Å². The second-order valence-corrected chi connectivity index (χ2v) is 7.52. The molecule has 7 heteroatoms. The first-order valence-electron chi connectivity index (χ1n) is 9.90. The van der Waals surface area contributed by atoms with Crippen molar-refractivity contribution in [3.05, 3.63) is 70.1 Å². The third-order valence-electron chi connectivity index (χ3n) is 5.67. The lowest BCUT2D eigenvalue weighted by molar-refractivity contribution is 0.0982. The van der Waals surface area contributed by atoms with Gasteiger partial charge in [-0.05, 0) is 37.1 Å². The molecule has 1 fully saturated rings. The van der Waals surface area contributed by atoms with E-state index in [2.05, 4.69) is 6.07 Å². The highest BCUT2D eigenvalue weighted by Gasteiger charge is 2.32. The lowest BCUT2D eigenvalue weighted by Crippen LogP contribution is -2.38. The van der Waals surface area contributed by atoms with E-state index in [1.165, 1.54) is 10.5 Å². The van der Waals surface area contributed by atoms with Gasteiger partial charge in [-0.3, -0.25) is 14.0 Å². The standard InChI is InChI=1S/C22H22N4O3/c1-15-13-16-5-2-3-7-18(16)26(15)22(28)17-6-4-8-25-20(27)14-19(23-21(17)25)24-9-11-29-12-10-24/h2-8,14-15H,9-13H2,1H3. The minimum atomic E-state index is -0.194. The van der Waals surface area contributed by atoms with E-state index in [1.54, 1.807) is 18.3 Å². The van der Waals surface area contributed by atoms with E-state index in [0.29, 0.717) is 43.3 Å². The maximum absolute atomic E-state index is 13.6. The average molecular weight is 390 g/mol. The zero-order chi connectivity index (χ0) is 20.0. The van der Waals surface area contributed by atoms with E-state index in [4.69, 9.17) is 9.72 Å². The third-order valence-corrected chi connectivity index (χ3v) is 5.67. The maximum Gasteiger partial charge on any atom is 0.262 e. The van der Waals surface area contributed by atoms with E-state index in [9.17, 15) is 9.59 Å². The Bertz CT molecular complexity index is 1150. The summed E-state index contributed by atoms with van der Waals surface area (Å²) in [7, 11) is 0. The second-order valence-electron chi connectivity index (χ2n) is 7.52. The van der Waals surface area contributed by atoms with Crippen molar-refractivity contribution in [3.63, 3.8) is 0 Å². The summed E-state index contributed by atoms with van der Waals surface area (Å²) in [5.74, 6) is 0.458. The van der Waals surface area contributed by atoms with Crippen LogP contribution in [-0.4, -0.2) is 47.6 Å². The number of aromatic nitrogens is 2. The highest BCUT2D eigenvalue weighted by molar-refractivity contribution is 6.11. The zero-order valence-electron chi connectivity index (χ0n) is 16.2. The second kappa shape index (κ2) is 7.00. The van der Waals surface area contributed by atoms with E-state index in [0.717, 1.165) is 17.7 Å². The Morgan fingerprint density at radius 3 is 2.76 bits per heavy atom. The topological polar surface area (TPSA) is 67.2 Å². The monoisotopic (exact) mass is 390 g/mol. The van der Waals surface area contributed by atoms with Crippen LogP contribution < -0.4 is 15.4 Å². The average Bonchev–Trinajstić information content (AvgIpc) is 3.09. The number of fused-ring (bicyclic) bond motifs is 2. The van der Waals surface area contributed by atoms with Crippen molar-refractivity contribution >= 4 is 23.1 Å². The van der Waals surface area contributed by atoms with Crippen molar-refractivity contribution in [1.29, 1.82) is 0 Å². The molecule has 1 saturated heterocycles. The van der Waals surface area contributed by atoms with Gasteiger partial charge < -0.3 is 14.5 Å². The Hall–Kier alpha value is -3.19. The summed E-state index contributed by atoms with van der Waals surface area (Å²) < 4.78 is 6.85. The molecule has 5 rings (SSSR count). The van der Waals surface area contributed by atoms with Crippen LogP contribution in [0.5, 0.6) is 0 Å². The van der Waals surface area contributed by atoms with Crippen LogP contribution in [0.15, 0.2) is 53.5 Å². The number of para-hydroxylation sites is 1. The van der Waals surface area contributed by atoms with Crippen molar-refractivity contribution in [1.82, 2.24) is 9.38 Å². The molecular formula is C22H22N4O3. The number of carbonyl (C=O) groups is 1. The molecule has 0 saturated carbocycles. The van der Waals surface area contributed by atoms with Crippen LogP contribution in [0.4, 0.5) is 11.5 Å². The van der Waals surface area contributed by atoms with Gasteiger partial charge in [0.15, 0.2) is 5.65 Å². The molecular weight excluding hydrogens is 368 g/mol. The summed E-state index contributed by atoms with van der Waals surface area (Å²) in [5.41, 5.74) is 2.72. The van der Waals surface area contributed by atoms with Gasteiger partial charge in [-0.15, -0.1) is 0 Å². The third kappa shape index (κ3) is 2.98. The number of ether oxygens (including phenoxy) is 1. The van der Waals surface area contributed by atoms with Gasteiger partial charge in [0, 0.05) is 37.1 Å². The van der Waals surface area contributed by atoms with Crippen LogP contribution in [0.2, 0.25) is 0 Å². The number of benzene rings is 1. The van der Waals surface area contributed by atoms with Crippen molar-refractivity contribution in [3.8, 4) is 0 Å². The molecule has 0 bridgehead atoms. The Kier molecular flexibility index (Phi) is 4.32. The van der Waals surface area contributed by atoms with Crippen molar-refractivity contribution in [2.24, 2.45) is 0 Å². The number of pyridine rings is 1. The van der Waals surface area contributed by atoms with Gasteiger partial charge in [0.1, 0.15) is 5.82 Å². The summed E-state index contributed by atoms with van der Waals surface area (Å²) in [6, 6.07) is 13.0. The Labute approximate surface area is 168 Å². The molecule has 1 unspecified atom stereocenters. The Morgan fingerprint density at radius 1 is 1.14 bits per heavy atom. The van der Waals surface area contributed by atoms with E-state index >= 15 is 0 Å². The summed E-state index contributed by atoms with van der Waals surface area (Å²) >= 11 is 0. The first-order chi connectivity index (χ1) is 14.1. The molecule has 1 atom stereocenters. The van der Waals surface area contributed by atoms with Crippen molar-refractivity contribution < 1.29 is 9.53 Å². The minimum absolute atomic E-state index is 0.0503. The van der Waals surface area contributed by atoms with Crippen LogP contribution in [0.25, 0.3) is 5.65 Å². The lowest BCUT2D eigenvalue weighted by atomic mass is 10.1. The molecule has 2 aromatic heterocycles. The predicted molar refractivity (Wildman–Crippen MR) is 111 cm³/mol. The van der Waals surface area contributed by atoms with Gasteiger partial charge in [0.2, 0.25) is 0 Å². The fourth-order valence-corrected chi connectivity index (χ4v) is 4.24. The van der Waals surface area contributed by atoms with Crippen LogP contribution in [0.1, 0.15) is 22.8 Å². The Morgan fingerprint density at radius 2 is 1.93 bits per heavy atom. The fraction of sp³-hybridized carbons (Fsp3) is 0.318. The SMILES string of the molecule is CC1Cc2ccccc2N1C(=O)c1cccn2c(=O)cc(N3CCOCC3)nc12. The number of amides is 1. The number of morpholine rings is 1. The summed E-state index contributed by atoms with van der Waals surface area (Å²) in [4.78, 5) is 34.9. The smallest absolute Gasteiger partial charge is 0.262 e. The molecule has 0 N–H and O–H groups in total. The normalized spacial score (nSPS) is 18.9. The number of nitrogens with zero attached hydrogens (tertiary/aromatic N) is 4. The van der Waals surface area contributed by atoms with Gasteiger partial charge in [0.05, 0.1) is 18.8 Å². The van der Waals surface area contributed by atoms with Crippen LogP contribution >= 0.6 is 0 Å². The number of anilines is 2.